The summed E-state index contributed by atoms with van der Waals surface area (Å²) in [5.74, 6) is -2.22. The molecule has 0 saturated heterocycles. The van der Waals surface area contributed by atoms with Crippen LogP contribution in [0.25, 0.3) is 0 Å². The first-order valence-electron chi connectivity index (χ1n) is 19.7. The number of nitrogens with two attached hydrogens (primary N) is 1. The summed E-state index contributed by atoms with van der Waals surface area (Å²) in [6, 6.07) is -0.629. The highest BCUT2D eigenvalue weighted by atomic mass is 16.5. The third kappa shape index (κ3) is 18.2. The minimum Gasteiger partial charge on any atom is -0.465 e. The van der Waals surface area contributed by atoms with Crippen LogP contribution in [0, 0.1) is 5.92 Å². The predicted molar refractivity (Wildman–Crippen MR) is 199 cm³/mol. The third-order valence-corrected chi connectivity index (χ3v) is 9.60. The zero-order valence-electron chi connectivity index (χ0n) is 31.1. The van der Waals surface area contributed by atoms with Crippen LogP contribution in [0.4, 0.5) is 0 Å². The van der Waals surface area contributed by atoms with Crippen LogP contribution in [0.5, 0.6) is 0 Å². The van der Waals surface area contributed by atoms with Gasteiger partial charge < -0.3 is 20.5 Å². The zero-order valence-corrected chi connectivity index (χ0v) is 31.1. The van der Waals surface area contributed by atoms with Crippen LogP contribution in [0.3, 0.4) is 0 Å². The smallest absolute Gasteiger partial charge is 0.323 e. The Labute approximate surface area is 296 Å². The Kier molecular flexibility index (Phi) is 22.7. The maximum atomic E-state index is 12.7. The fraction of sp³-hybridized carbons (Fsp3) is 0.842. The van der Waals surface area contributed by atoms with Gasteiger partial charge in [-0.1, -0.05) is 143 Å². The largest absolute Gasteiger partial charge is 0.465 e. The van der Waals surface area contributed by atoms with Crippen molar-refractivity contribution in [2.75, 3.05) is 19.8 Å². The lowest BCUT2D eigenvalue weighted by atomic mass is 10.0. The number of ether oxygens (including phenoxy) is 2. The lowest BCUT2D eigenvalue weighted by molar-refractivity contribution is -0.147. The van der Waals surface area contributed by atoms with Gasteiger partial charge in [0.1, 0.15) is 19.0 Å². The minimum absolute atomic E-state index is 0.0566. The average molecular weight is 689 g/mol. The Morgan fingerprint density at radius 2 is 1.37 bits per heavy atom. The maximum absolute atomic E-state index is 12.7. The number of carbonyl (C=O) groups excluding carboxylic acids is 3. The molecule has 0 saturated carbocycles. The van der Waals surface area contributed by atoms with Crippen molar-refractivity contribution >= 4 is 35.7 Å². The molecule has 1 unspecified atom stereocenters. The van der Waals surface area contributed by atoms with E-state index in [1.807, 2.05) is 13.8 Å². The first kappa shape index (κ1) is 42.5. The summed E-state index contributed by atoms with van der Waals surface area (Å²) in [7, 11) is 0. The van der Waals surface area contributed by atoms with Gasteiger partial charge in [0.25, 0.3) is 5.91 Å². The average Bonchev–Trinajstić information content (AvgIpc) is 3.58. The van der Waals surface area contributed by atoms with E-state index in [2.05, 4.69) is 32.5 Å². The number of nitrogens with one attached hydrogen (secondary N) is 2. The van der Waals surface area contributed by atoms with Gasteiger partial charge in [0.15, 0.2) is 11.5 Å². The monoisotopic (exact) mass is 689 g/mol. The van der Waals surface area contributed by atoms with Crippen molar-refractivity contribution in [2.45, 2.75) is 180 Å². The van der Waals surface area contributed by atoms with Crippen LogP contribution in [-0.2, 0) is 23.9 Å². The van der Waals surface area contributed by atoms with Crippen molar-refractivity contribution in [1.82, 2.24) is 10.6 Å². The number of unbranched alkanes of at least 4 members (excludes halogenated alkanes) is 19. The van der Waals surface area contributed by atoms with Gasteiger partial charge in [-0.2, -0.15) is 0 Å². The van der Waals surface area contributed by atoms with Gasteiger partial charge in [-0.25, -0.2) is 15.0 Å². The van der Waals surface area contributed by atoms with E-state index >= 15 is 0 Å². The summed E-state index contributed by atoms with van der Waals surface area (Å²) in [4.78, 5) is 50.0. The van der Waals surface area contributed by atoms with Crippen LogP contribution in [0.2, 0.25) is 0 Å². The second-order valence-corrected chi connectivity index (χ2v) is 14.0. The Balaban J connectivity index is 1.54. The summed E-state index contributed by atoms with van der Waals surface area (Å²) in [6.07, 6.45) is 28.4. The fourth-order valence-corrected chi connectivity index (χ4v) is 6.04. The van der Waals surface area contributed by atoms with Gasteiger partial charge in [-0.3, -0.25) is 19.7 Å². The van der Waals surface area contributed by atoms with E-state index in [-0.39, 0.29) is 36.6 Å². The van der Waals surface area contributed by atoms with Crippen LogP contribution in [0.1, 0.15) is 168 Å². The van der Waals surface area contributed by atoms with Crippen molar-refractivity contribution in [3.63, 3.8) is 0 Å². The third-order valence-electron chi connectivity index (χ3n) is 9.60. The van der Waals surface area contributed by atoms with Crippen LogP contribution in [-0.4, -0.2) is 67.3 Å². The van der Waals surface area contributed by atoms with Gasteiger partial charge in [0.05, 0.1) is 6.61 Å². The number of hydrogen-bond donors (Lipinski definition) is 3. The normalized spacial score (nSPS) is 18.0. The number of esters is 2. The first-order valence-corrected chi connectivity index (χ1v) is 19.7. The molecule has 0 bridgehead atoms. The lowest BCUT2D eigenvalue weighted by Gasteiger charge is -2.34. The highest BCUT2D eigenvalue weighted by molar-refractivity contribution is 6.69. The van der Waals surface area contributed by atoms with E-state index in [0.29, 0.717) is 25.8 Å². The summed E-state index contributed by atoms with van der Waals surface area (Å²) >= 11 is 0. The summed E-state index contributed by atoms with van der Waals surface area (Å²) in [6.45, 7) is 6.69. The Morgan fingerprint density at radius 3 is 1.92 bits per heavy atom. The lowest BCUT2D eigenvalue weighted by Crippen LogP contribution is -2.65. The fourth-order valence-electron chi connectivity index (χ4n) is 6.04. The van der Waals surface area contributed by atoms with Crippen molar-refractivity contribution in [3.8, 4) is 0 Å². The topological polar surface area (TPSA) is 157 Å². The first-order chi connectivity index (χ1) is 23.8. The number of amides is 1. The molecule has 3 atom stereocenters. The van der Waals surface area contributed by atoms with Crippen LogP contribution >= 0.6 is 0 Å². The molecule has 0 spiro atoms. The van der Waals surface area contributed by atoms with Crippen molar-refractivity contribution in [3.05, 3.63) is 0 Å². The Bertz CT molecular complexity index is 1050. The number of fused-ring (bicyclic) bond motifs is 1. The molecular weight excluding hydrogens is 620 g/mol. The Hall–Kier alpha value is -2.66. The molecule has 2 heterocycles. The SMILES string of the molecule is CCCCCCCCCCCCCCCCCCCCCC(=O)OCC1(NCCCCOC(=O)[C@@H](N)[C@@H](C)CC)N=C2N=CN=C2C(=O)N1. The summed E-state index contributed by atoms with van der Waals surface area (Å²) < 4.78 is 10.9. The van der Waals surface area contributed by atoms with Crippen molar-refractivity contribution in [1.29, 1.82) is 0 Å². The van der Waals surface area contributed by atoms with Gasteiger partial charge in [0.2, 0.25) is 5.79 Å². The molecule has 0 radical (unpaired) electrons. The zero-order chi connectivity index (χ0) is 35.6. The molecule has 49 heavy (non-hydrogen) atoms. The molecule has 11 nitrogen and oxygen atoms in total. The van der Waals surface area contributed by atoms with Gasteiger partial charge in [-0.15, -0.1) is 0 Å². The second kappa shape index (κ2) is 26.2. The molecule has 0 aromatic carbocycles. The molecule has 2 rings (SSSR count). The van der Waals surface area contributed by atoms with E-state index in [9.17, 15) is 14.4 Å². The van der Waals surface area contributed by atoms with Gasteiger partial charge in [0, 0.05) is 6.42 Å². The molecule has 0 aromatic rings. The molecule has 2 aliphatic rings. The minimum atomic E-state index is -1.34. The number of carbonyl (C=O) groups is 3. The molecule has 1 amide bonds. The summed E-state index contributed by atoms with van der Waals surface area (Å²) in [5, 5.41) is 6.01. The number of amidine groups is 1. The molecular formula is C38H68N6O5. The number of rotatable bonds is 31. The maximum Gasteiger partial charge on any atom is 0.323 e. The van der Waals surface area contributed by atoms with Crippen LogP contribution < -0.4 is 16.4 Å². The molecule has 2 aliphatic heterocycles. The highest BCUT2D eigenvalue weighted by Crippen LogP contribution is 2.17. The van der Waals surface area contributed by atoms with Gasteiger partial charge >= 0.3 is 11.9 Å². The number of nitrogens with zero attached hydrogens (tertiary/aromatic N) is 3. The molecule has 0 fully saturated rings. The quantitative estimate of drug-likeness (QED) is 0.0509. The van der Waals surface area contributed by atoms with Crippen molar-refractivity contribution in [2.24, 2.45) is 26.6 Å². The number of aliphatic imine (C=N–C) groups is 3. The second-order valence-electron chi connectivity index (χ2n) is 14.0. The molecule has 0 aromatic heterocycles. The van der Waals surface area contributed by atoms with Crippen LogP contribution in [0.15, 0.2) is 15.0 Å². The van der Waals surface area contributed by atoms with Crippen molar-refractivity contribution < 1.29 is 23.9 Å². The highest BCUT2D eigenvalue weighted by Gasteiger charge is 2.41. The van der Waals surface area contributed by atoms with E-state index in [1.165, 1.54) is 109 Å². The Morgan fingerprint density at radius 1 is 0.816 bits per heavy atom. The number of hydrogen-bond acceptors (Lipinski definition) is 10. The van der Waals surface area contributed by atoms with Gasteiger partial charge in [-0.05, 0) is 31.7 Å². The summed E-state index contributed by atoms with van der Waals surface area (Å²) in [5.41, 5.74) is 6.08. The standard InChI is InChI=1S/C38H68N6O5/c1-4-6-7-8-9-10-11-12-13-14-15-16-17-18-19-20-21-22-23-26-32(45)49-29-38(43-35-34(36(46)44-38)40-30-41-35)42-27-24-25-28-48-37(47)33(39)31(3)5-2/h30-31,33,42H,4-29,39H2,1-3H3,(H,44,46)/t31-,33-,38?/m0/s1. The van der Waals surface area contributed by atoms with E-state index in [0.717, 1.165) is 25.7 Å². The van der Waals surface area contributed by atoms with E-state index < -0.39 is 23.7 Å². The predicted octanol–water partition coefficient (Wildman–Crippen LogP) is 7.30. The molecule has 11 heteroatoms. The molecule has 4 N–H and O–H groups in total. The van der Waals surface area contributed by atoms with E-state index in [1.54, 1.807) is 0 Å². The molecule has 280 valence electrons. The van der Waals surface area contributed by atoms with E-state index in [4.69, 9.17) is 15.2 Å². The molecule has 0 aliphatic carbocycles.